The Morgan fingerprint density at radius 2 is 2.32 bits per heavy atom. The lowest BCUT2D eigenvalue weighted by atomic mass is 10.0. The van der Waals surface area contributed by atoms with Gasteiger partial charge in [0.05, 0.1) is 17.8 Å². The van der Waals surface area contributed by atoms with Gasteiger partial charge in [0.2, 0.25) is 0 Å². The zero-order chi connectivity index (χ0) is 13.9. The second-order valence-electron chi connectivity index (χ2n) is 4.24. The summed E-state index contributed by atoms with van der Waals surface area (Å²) >= 11 is 5.79. The minimum atomic E-state index is -1.17. The van der Waals surface area contributed by atoms with Crippen LogP contribution in [0, 0.1) is 11.3 Å². The van der Waals surface area contributed by atoms with Crippen molar-refractivity contribution in [3.8, 4) is 6.07 Å². The van der Waals surface area contributed by atoms with E-state index in [1.807, 2.05) is 6.07 Å². The van der Waals surface area contributed by atoms with Gasteiger partial charge in [-0.25, -0.2) is 4.98 Å². The van der Waals surface area contributed by atoms with Crippen molar-refractivity contribution >= 4 is 17.4 Å². The Kier molecular flexibility index (Phi) is 3.74. The lowest BCUT2D eigenvalue weighted by Crippen LogP contribution is -2.30. The number of aliphatic hydroxyl groups is 1. The first-order valence-corrected chi connectivity index (χ1v) is 5.97. The van der Waals surface area contributed by atoms with Crippen LogP contribution in [0.2, 0.25) is 5.02 Å². The highest BCUT2D eigenvalue weighted by Gasteiger charge is 2.26. The van der Waals surface area contributed by atoms with Gasteiger partial charge in [-0.15, -0.1) is 0 Å². The van der Waals surface area contributed by atoms with Crippen LogP contribution in [0.25, 0.3) is 0 Å². The van der Waals surface area contributed by atoms with E-state index in [2.05, 4.69) is 10.3 Å². The van der Waals surface area contributed by atoms with Crippen LogP contribution in [-0.2, 0) is 5.60 Å². The molecule has 0 aliphatic rings. The Bertz CT molecular complexity index is 603. The number of nitrogens with one attached hydrogen (secondary N) is 1. The maximum Gasteiger partial charge on any atom is 0.161 e. The molecule has 98 valence electrons. The third-order valence-corrected chi connectivity index (χ3v) is 2.92. The number of hydrogen-bond donors (Lipinski definition) is 2. The molecule has 0 spiro atoms. The van der Waals surface area contributed by atoms with E-state index in [4.69, 9.17) is 21.3 Å². The molecule has 0 aliphatic carbocycles. The maximum absolute atomic E-state index is 10.2. The van der Waals surface area contributed by atoms with Gasteiger partial charge in [-0.2, -0.15) is 5.26 Å². The molecule has 0 aromatic carbocycles. The van der Waals surface area contributed by atoms with Crippen molar-refractivity contribution in [2.24, 2.45) is 0 Å². The molecule has 2 heterocycles. The molecular formula is C13H12ClN3O2. The third-order valence-electron chi connectivity index (χ3n) is 2.62. The van der Waals surface area contributed by atoms with Gasteiger partial charge in [0.1, 0.15) is 23.2 Å². The van der Waals surface area contributed by atoms with Crippen molar-refractivity contribution in [2.75, 3.05) is 11.9 Å². The van der Waals surface area contributed by atoms with Crippen molar-refractivity contribution in [2.45, 2.75) is 12.5 Å². The molecule has 2 aromatic heterocycles. The molecule has 0 amide bonds. The second kappa shape index (κ2) is 5.31. The Morgan fingerprint density at radius 1 is 1.53 bits per heavy atom. The van der Waals surface area contributed by atoms with Crippen LogP contribution in [0.1, 0.15) is 18.4 Å². The summed E-state index contributed by atoms with van der Waals surface area (Å²) in [5.41, 5.74) is -1.03. The van der Waals surface area contributed by atoms with Crippen molar-refractivity contribution in [1.29, 1.82) is 5.26 Å². The van der Waals surface area contributed by atoms with E-state index in [0.717, 1.165) is 0 Å². The molecule has 0 saturated heterocycles. The number of nitriles is 1. The Morgan fingerprint density at radius 3 is 2.95 bits per heavy atom. The Labute approximate surface area is 115 Å². The summed E-state index contributed by atoms with van der Waals surface area (Å²) in [4.78, 5) is 4.03. The van der Waals surface area contributed by atoms with E-state index in [9.17, 15) is 5.11 Å². The van der Waals surface area contributed by atoms with E-state index in [-0.39, 0.29) is 12.2 Å². The quantitative estimate of drug-likeness (QED) is 0.897. The number of aromatic nitrogens is 1. The summed E-state index contributed by atoms with van der Waals surface area (Å²) < 4.78 is 5.17. The monoisotopic (exact) mass is 277 g/mol. The van der Waals surface area contributed by atoms with Gasteiger partial charge in [-0.05, 0) is 31.2 Å². The Balaban J connectivity index is 2.09. The molecule has 1 unspecified atom stereocenters. The predicted molar refractivity (Wildman–Crippen MR) is 70.7 cm³/mol. The molecule has 0 fully saturated rings. The molecule has 19 heavy (non-hydrogen) atoms. The molecule has 2 rings (SSSR count). The zero-order valence-electron chi connectivity index (χ0n) is 10.2. The van der Waals surface area contributed by atoms with E-state index in [0.29, 0.717) is 16.6 Å². The van der Waals surface area contributed by atoms with E-state index >= 15 is 0 Å². The van der Waals surface area contributed by atoms with Crippen LogP contribution in [0.5, 0.6) is 0 Å². The van der Waals surface area contributed by atoms with Crippen LogP contribution < -0.4 is 5.32 Å². The fraction of sp³-hybridized carbons (Fsp3) is 0.231. The van der Waals surface area contributed by atoms with Crippen molar-refractivity contribution in [3.63, 3.8) is 0 Å². The van der Waals surface area contributed by atoms with Crippen molar-refractivity contribution in [3.05, 3.63) is 47.0 Å². The van der Waals surface area contributed by atoms with Crippen LogP contribution in [0.4, 0.5) is 5.82 Å². The van der Waals surface area contributed by atoms with E-state index < -0.39 is 5.60 Å². The summed E-state index contributed by atoms with van der Waals surface area (Å²) in [6, 6.07) is 8.52. The fourth-order valence-electron chi connectivity index (χ4n) is 1.55. The van der Waals surface area contributed by atoms with Gasteiger partial charge in [0.15, 0.2) is 5.69 Å². The summed E-state index contributed by atoms with van der Waals surface area (Å²) in [6.07, 6.45) is 1.50. The highest BCUT2D eigenvalue weighted by Crippen LogP contribution is 2.22. The third kappa shape index (κ3) is 3.05. The van der Waals surface area contributed by atoms with Crippen LogP contribution in [0.3, 0.4) is 0 Å². The van der Waals surface area contributed by atoms with E-state index in [1.165, 1.54) is 6.26 Å². The van der Waals surface area contributed by atoms with Crippen molar-refractivity contribution in [1.82, 2.24) is 4.98 Å². The lowest BCUT2D eigenvalue weighted by molar-refractivity contribution is 0.0476. The van der Waals surface area contributed by atoms with Crippen molar-refractivity contribution < 1.29 is 9.52 Å². The fourth-order valence-corrected chi connectivity index (χ4v) is 1.70. The number of halogens is 1. The predicted octanol–water partition coefficient (Wildman–Crippen LogP) is 2.52. The smallest absolute Gasteiger partial charge is 0.161 e. The highest BCUT2D eigenvalue weighted by molar-refractivity contribution is 6.31. The summed E-state index contributed by atoms with van der Waals surface area (Å²) in [6.45, 7) is 1.82. The lowest BCUT2D eigenvalue weighted by Gasteiger charge is -2.21. The minimum absolute atomic E-state index is 0.143. The molecule has 0 radical (unpaired) electrons. The van der Waals surface area contributed by atoms with Gasteiger partial charge < -0.3 is 14.8 Å². The normalized spacial score (nSPS) is 13.6. The van der Waals surface area contributed by atoms with Gasteiger partial charge in [-0.1, -0.05) is 11.6 Å². The average molecular weight is 278 g/mol. The van der Waals surface area contributed by atoms with Gasteiger partial charge >= 0.3 is 0 Å². The second-order valence-corrected chi connectivity index (χ2v) is 4.65. The molecule has 2 aromatic rings. The number of rotatable bonds is 4. The minimum Gasteiger partial charge on any atom is -0.466 e. The summed E-state index contributed by atoms with van der Waals surface area (Å²) in [5, 5.41) is 22.3. The molecule has 6 heteroatoms. The number of hydrogen-bond acceptors (Lipinski definition) is 5. The van der Waals surface area contributed by atoms with Crippen LogP contribution >= 0.6 is 11.6 Å². The maximum atomic E-state index is 10.2. The largest absolute Gasteiger partial charge is 0.466 e. The average Bonchev–Trinajstić information content (AvgIpc) is 2.92. The molecular weight excluding hydrogens is 266 g/mol. The molecule has 0 bridgehead atoms. The molecule has 0 aliphatic heterocycles. The zero-order valence-corrected chi connectivity index (χ0v) is 11.0. The number of furan rings is 1. The molecule has 2 N–H and O–H groups in total. The van der Waals surface area contributed by atoms with Gasteiger partial charge in [-0.3, -0.25) is 0 Å². The standard InChI is InChI=1S/C13H12ClN3O2/c1-13(18,11-3-2-6-19-11)8-16-12-5-4-9(14)10(7-15)17-12/h2-6,18H,8H2,1H3,(H,16,17). The summed E-state index contributed by atoms with van der Waals surface area (Å²) in [5.74, 6) is 0.919. The Hall–Kier alpha value is -2.03. The molecule has 0 saturated carbocycles. The van der Waals surface area contributed by atoms with Gasteiger partial charge in [0, 0.05) is 0 Å². The topological polar surface area (TPSA) is 82.1 Å². The first-order chi connectivity index (χ1) is 9.03. The first kappa shape index (κ1) is 13.4. The van der Waals surface area contributed by atoms with E-state index in [1.54, 1.807) is 31.2 Å². The number of nitrogens with zero attached hydrogens (tertiary/aromatic N) is 2. The van der Waals surface area contributed by atoms with Crippen LogP contribution in [0.15, 0.2) is 34.9 Å². The number of anilines is 1. The number of pyridine rings is 1. The molecule has 5 nitrogen and oxygen atoms in total. The SMILES string of the molecule is CC(O)(CNc1ccc(Cl)c(C#N)n1)c1ccco1. The first-order valence-electron chi connectivity index (χ1n) is 5.60. The molecule has 1 atom stereocenters. The summed E-state index contributed by atoms with van der Waals surface area (Å²) in [7, 11) is 0. The van der Waals surface area contributed by atoms with Gasteiger partial charge in [0.25, 0.3) is 0 Å². The van der Waals surface area contributed by atoms with Crippen LogP contribution in [-0.4, -0.2) is 16.6 Å². The highest BCUT2D eigenvalue weighted by atomic mass is 35.5.